The molecule has 0 bridgehead atoms. The molecule has 1 aliphatic heterocycles. The summed E-state index contributed by atoms with van der Waals surface area (Å²) in [5, 5.41) is 17.5. The van der Waals surface area contributed by atoms with Crippen molar-refractivity contribution in [1.29, 1.82) is 0 Å². The van der Waals surface area contributed by atoms with Crippen LogP contribution in [0.4, 0.5) is 0 Å². The van der Waals surface area contributed by atoms with Crippen LogP contribution in [0, 0.1) is 0 Å². The van der Waals surface area contributed by atoms with Gasteiger partial charge >= 0.3 is 0 Å². The van der Waals surface area contributed by atoms with Crippen LogP contribution < -0.4 is 49.1 Å². The first-order valence-electron chi connectivity index (χ1n) is 23.2. The van der Waals surface area contributed by atoms with E-state index in [2.05, 4.69) is 46.9 Å². The predicted molar refractivity (Wildman–Crippen MR) is 275 cm³/mol. The Bertz CT molecular complexity index is 2470. The first kappa shape index (κ1) is 55.3. The van der Waals surface area contributed by atoms with Crippen LogP contribution in [0.3, 0.4) is 0 Å². The quantitative estimate of drug-likeness (QED) is 0.0282. The maximum Gasteiger partial charge on any atom is 0.245 e. The minimum atomic E-state index is -1.32. The average molecular weight is 1030 g/mol. The molecule has 1 fully saturated rings. The topological polar surface area (TPSA) is 331 Å². The van der Waals surface area contributed by atoms with Crippen LogP contribution in [-0.4, -0.2) is 135 Å². The second kappa shape index (κ2) is 28.3. The first-order chi connectivity index (χ1) is 34.1. The van der Waals surface area contributed by atoms with Crippen LogP contribution >= 0.6 is 32.9 Å². The Morgan fingerprint density at radius 1 is 0.831 bits per heavy atom. The number of hydrogen-bond acceptors (Lipinski definition) is 13. The number of hydrogen-bond donors (Lipinski definition) is 10. The van der Waals surface area contributed by atoms with E-state index >= 15 is 0 Å². The van der Waals surface area contributed by atoms with Crippen molar-refractivity contribution in [2.45, 2.75) is 101 Å². The van der Waals surface area contributed by atoms with Crippen molar-refractivity contribution < 1.29 is 38.4 Å². The van der Waals surface area contributed by atoms with Crippen LogP contribution in [0.25, 0.3) is 10.9 Å². The molecule has 13 N–H and O–H groups in total. The molecule has 1 saturated heterocycles. The van der Waals surface area contributed by atoms with E-state index in [0.717, 1.165) is 17.3 Å². The minimum absolute atomic E-state index is 0.00831. The highest BCUT2D eigenvalue weighted by Gasteiger charge is 2.35. The number of unbranched alkanes of at least 4 members (excludes halogenated alkanes) is 1. The maximum absolute atomic E-state index is 14.7. The van der Waals surface area contributed by atoms with E-state index in [0.29, 0.717) is 28.8 Å². The van der Waals surface area contributed by atoms with Gasteiger partial charge in [0.1, 0.15) is 36.3 Å². The number of thiazole rings is 1. The summed E-state index contributed by atoms with van der Waals surface area (Å²) in [7, 11) is 2.43. The van der Waals surface area contributed by atoms with Crippen molar-refractivity contribution in [3.8, 4) is 0 Å². The predicted octanol–water partition coefficient (Wildman–Crippen LogP) is 0.534. The average Bonchev–Trinajstić information content (AvgIpc) is 4.01. The van der Waals surface area contributed by atoms with Gasteiger partial charge in [0.05, 0.1) is 12.1 Å². The number of carbonyl (C=O) groups excluding carboxylic acids is 8. The molecule has 3 heterocycles. The lowest BCUT2D eigenvalue weighted by Gasteiger charge is -2.30. The summed E-state index contributed by atoms with van der Waals surface area (Å²) in [6, 6.07) is 8.89. The van der Waals surface area contributed by atoms with Gasteiger partial charge in [0, 0.05) is 79.0 Å². The number of carbonyl (C=O) groups is 8. The summed E-state index contributed by atoms with van der Waals surface area (Å²) < 4.78 is 0. The molecule has 1 aliphatic rings. The summed E-state index contributed by atoms with van der Waals surface area (Å²) in [6.07, 6.45) is 5.04. The van der Waals surface area contributed by atoms with Gasteiger partial charge < -0.3 is 59.0 Å². The Kier molecular flexibility index (Phi) is 22.0. The number of H-pyrrole nitrogens is 1. The number of nitrogens with one attached hydrogen (secondary N) is 7. The lowest BCUT2D eigenvalue weighted by atomic mass is 10.0. The van der Waals surface area contributed by atoms with Crippen molar-refractivity contribution in [2.75, 3.05) is 31.1 Å². The monoisotopic (exact) mass is 1030 g/mol. The number of fused-ring (bicyclic) bond motifs is 1. The van der Waals surface area contributed by atoms with Gasteiger partial charge in [0.15, 0.2) is 5.96 Å². The van der Waals surface area contributed by atoms with Gasteiger partial charge in [-0.05, 0) is 36.5 Å². The van der Waals surface area contributed by atoms with Gasteiger partial charge in [-0.15, -0.1) is 11.3 Å². The van der Waals surface area contributed by atoms with Crippen LogP contribution in [0.5, 0.6) is 0 Å². The van der Waals surface area contributed by atoms with E-state index < -0.39 is 90.1 Å². The molecule has 6 atom stereocenters. The Morgan fingerprint density at radius 3 is 2.20 bits per heavy atom. The second-order valence-electron chi connectivity index (χ2n) is 16.9. The van der Waals surface area contributed by atoms with Gasteiger partial charge in [-0.3, -0.25) is 48.3 Å². The molecule has 24 heteroatoms. The van der Waals surface area contributed by atoms with Crippen LogP contribution in [0.2, 0.25) is 0 Å². The van der Waals surface area contributed by atoms with Crippen molar-refractivity contribution in [1.82, 2.24) is 46.8 Å². The molecule has 21 nitrogen and oxygen atoms in total. The molecule has 2 aromatic carbocycles. The van der Waals surface area contributed by atoms with Crippen molar-refractivity contribution in [2.24, 2.45) is 22.2 Å². The molecule has 0 spiro atoms. The number of nitrogens with two attached hydrogens (primary N) is 3. The first-order valence-corrected chi connectivity index (χ1v) is 26.6. The highest BCUT2D eigenvalue weighted by atomic mass is 33.1. The van der Waals surface area contributed by atoms with Crippen LogP contribution in [0.15, 0.2) is 77.5 Å². The van der Waals surface area contributed by atoms with E-state index in [-0.39, 0.29) is 62.7 Å². The summed E-state index contributed by atoms with van der Waals surface area (Å²) in [6.45, 7) is 2.81. The van der Waals surface area contributed by atoms with E-state index in [1.54, 1.807) is 48.2 Å². The Balaban J connectivity index is 1.57. The molecule has 71 heavy (non-hydrogen) atoms. The number of para-hydroxylation sites is 1. The maximum atomic E-state index is 14.7. The molecule has 382 valence electrons. The second-order valence-corrected chi connectivity index (χ2v) is 20.5. The lowest BCUT2D eigenvalue weighted by molar-refractivity contribution is -0.139. The molecule has 0 radical (unpaired) electrons. The summed E-state index contributed by atoms with van der Waals surface area (Å²) in [5.74, 6) is -5.44. The van der Waals surface area contributed by atoms with E-state index in [1.807, 2.05) is 31.2 Å². The standard InChI is InChI=1S/C47H63N13O8S3/c1-3-4-14-34(54-28(2)61)41(63)59-39-26-71-70-19-18-60(25-40(48)62)46(68)38(21-30-23-53-33-15-9-8-13-32(30)33)58-42(64)35(16-10-17-52-47(49)50)55-43(65)36(20-29-11-6-5-7-12-29)56-44(66)37(57-45(39)67)22-31-24-51-27-69-31/h5-9,11-13,15,23-24,27,34-39,53H,3-4,10,14,16-22,25-26H2,1-2H3,(H2,48,62)(H,54,61)(H,55,65)(H,56,66)(H,57,67)(H,58,64)(H,59,63)(H4,49,50,52)/t34-,35-,36+,37-,38-,39-/m0/s1. The number of amides is 8. The zero-order valence-corrected chi connectivity index (χ0v) is 42.1. The van der Waals surface area contributed by atoms with Crippen LogP contribution in [0.1, 0.15) is 62.0 Å². The van der Waals surface area contributed by atoms with E-state index in [9.17, 15) is 38.4 Å². The van der Waals surface area contributed by atoms with Gasteiger partial charge in [-0.2, -0.15) is 0 Å². The van der Waals surface area contributed by atoms with Crippen molar-refractivity contribution >= 4 is 97.0 Å². The van der Waals surface area contributed by atoms with Crippen molar-refractivity contribution in [3.05, 3.63) is 88.5 Å². The Labute approximate surface area is 423 Å². The molecule has 0 aliphatic carbocycles. The van der Waals surface area contributed by atoms with Crippen molar-refractivity contribution in [3.63, 3.8) is 0 Å². The third-order valence-corrected chi connectivity index (χ3v) is 14.5. The number of guanidine groups is 1. The summed E-state index contributed by atoms with van der Waals surface area (Å²) in [5.41, 5.74) is 20.6. The third-order valence-electron chi connectivity index (χ3n) is 11.3. The van der Waals surface area contributed by atoms with Gasteiger partial charge in [-0.1, -0.05) is 89.9 Å². The fourth-order valence-corrected chi connectivity index (χ4v) is 10.6. The molecule has 0 saturated carbocycles. The highest BCUT2D eigenvalue weighted by Crippen LogP contribution is 2.24. The zero-order chi connectivity index (χ0) is 51.3. The van der Waals surface area contributed by atoms with Gasteiger partial charge in [0.25, 0.3) is 0 Å². The van der Waals surface area contributed by atoms with Crippen LogP contribution in [-0.2, 0) is 57.6 Å². The number of aliphatic imine (C=N–C) groups is 1. The summed E-state index contributed by atoms with van der Waals surface area (Å²) in [4.78, 5) is 125. The highest BCUT2D eigenvalue weighted by molar-refractivity contribution is 8.76. The molecule has 0 unspecified atom stereocenters. The molecule has 5 rings (SSSR count). The number of aromatic amines is 1. The van der Waals surface area contributed by atoms with Gasteiger partial charge in [0.2, 0.25) is 47.3 Å². The Hall–Kier alpha value is -6.66. The molecular weight excluding hydrogens is 971 g/mol. The molecule has 2 aromatic heterocycles. The lowest BCUT2D eigenvalue weighted by Crippen LogP contribution is -2.61. The fourth-order valence-electron chi connectivity index (χ4n) is 7.77. The number of rotatable bonds is 18. The number of benzene rings is 2. The minimum Gasteiger partial charge on any atom is -0.370 e. The van der Waals surface area contributed by atoms with E-state index in [4.69, 9.17) is 17.2 Å². The number of primary amides is 1. The summed E-state index contributed by atoms with van der Waals surface area (Å²) >= 11 is 1.25. The van der Waals surface area contributed by atoms with E-state index in [1.165, 1.54) is 44.7 Å². The molecule has 4 aromatic rings. The Morgan fingerprint density at radius 2 is 1.51 bits per heavy atom. The fraction of sp³-hybridized carbons (Fsp3) is 0.447. The smallest absolute Gasteiger partial charge is 0.245 e. The zero-order valence-electron chi connectivity index (χ0n) is 39.6. The third kappa shape index (κ3) is 17.9. The van der Waals surface area contributed by atoms with Gasteiger partial charge in [-0.25, -0.2) is 0 Å². The number of nitrogens with zero attached hydrogens (tertiary/aromatic N) is 3. The normalized spacial score (nSPS) is 20.4. The molecular formula is C47H63N13O8S3. The SMILES string of the molecule is CCCC[C@H](NC(C)=O)C(=O)N[C@H]1CSSCCN(CC(N)=O)C(=O)[C@H](Cc2c[nH]c3ccccc23)NC(=O)[C@H](CCCN=C(N)N)NC(=O)[C@@H](Cc2ccccc2)NC(=O)[C@H](Cc2cncs2)NC1=O. The number of aromatic nitrogens is 2. The molecule has 8 amide bonds. The largest absolute Gasteiger partial charge is 0.370 e.